The van der Waals surface area contributed by atoms with Crippen LogP contribution in [-0.2, 0) is 11.3 Å². The van der Waals surface area contributed by atoms with Crippen LogP contribution in [0.4, 0.5) is 0 Å². The van der Waals surface area contributed by atoms with Crippen molar-refractivity contribution < 1.29 is 14.3 Å². The zero-order chi connectivity index (χ0) is 13.8. The van der Waals surface area contributed by atoms with Crippen LogP contribution in [0, 0.1) is 0 Å². The number of nitrogens with zero attached hydrogens (tertiary/aromatic N) is 2. The fourth-order valence-corrected chi connectivity index (χ4v) is 1.94. The van der Waals surface area contributed by atoms with Crippen molar-refractivity contribution in [1.29, 1.82) is 0 Å². The Hall–Kier alpha value is -2.14. The van der Waals surface area contributed by atoms with Gasteiger partial charge in [0, 0.05) is 6.20 Å². The molecule has 1 heterocycles. The minimum atomic E-state index is -0.485. The van der Waals surface area contributed by atoms with Crippen molar-refractivity contribution in [2.24, 2.45) is 0 Å². The van der Waals surface area contributed by atoms with Crippen LogP contribution in [-0.4, -0.2) is 29.1 Å². The van der Waals surface area contributed by atoms with Gasteiger partial charge in [0.25, 0.3) is 0 Å². The molecule has 0 unspecified atom stereocenters. The fourth-order valence-electron chi connectivity index (χ4n) is 1.67. The van der Waals surface area contributed by atoms with Crippen molar-refractivity contribution in [3.8, 4) is 0 Å². The third-order valence-electron chi connectivity index (χ3n) is 2.60. The number of hydrogen-bond donors (Lipinski definition) is 0. The minimum absolute atomic E-state index is 0.310. The molecule has 0 amide bonds. The molecule has 0 bridgehead atoms. The first-order valence-electron chi connectivity index (χ1n) is 5.50. The van der Waals surface area contributed by atoms with Crippen LogP contribution in [0.1, 0.15) is 26.4 Å². The highest BCUT2D eigenvalue weighted by atomic mass is 35.5. The lowest BCUT2D eigenvalue weighted by Crippen LogP contribution is -2.06. The molecule has 0 N–H and O–H groups in total. The zero-order valence-electron chi connectivity index (χ0n) is 10.2. The van der Waals surface area contributed by atoms with Gasteiger partial charge in [0.2, 0.25) is 0 Å². The summed E-state index contributed by atoms with van der Waals surface area (Å²) in [5.74, 6) is -0.485. The molecule has 5 nitrogen and oxygen atoms in total. The minimum Gasteiger partial charge on any atom is -0.465 e. The average Bonchev–Trinajstić information content (AvgIpc) is 2.88. The molecule has 0 saturated heterocycles. The Kier molecular flexibility index (Phi) is 3.97. The zero-order valence-corrected chi connectivity index (χ0v) is 10.9. The number of benzene rings is 1. The summed E-state index contributed by atoms with van der Waals surface area (Å²) in [5.41, 5.74) is 1.38. The number of carbonyl (C=O) groups excluding carboxylic acids is 2. The Morgan fingerprint density at radius 3 is 2.89 bits per heavy atom. The lowest BCUT2D eigenvalue weighted by Gasteiger charge is -2.08. The van der Waals surface area contributed by atoms with Gasteiger partial charge in [0.05, 0.1) is 24.2 Å². The quantitative estimate of drug-likeness (QED) is 0.635. The van der Waals surface area contributed by atoms with Crippen LogP contribution in [0.3, 0.4) is 0 Å². The van der Waals surface area contributed by atoms with E-state index < -0.39 is 5.97 Å². The second-order valence-corrected chi connectivity index (χ2v) is 4.20. The molecule has 0 spiro atoms. The summed E-state index contributed by atoms with van der Waals surface area (Å²) in [7, 11) is 1.30. The van der Waals surface area contributed by atoms with Crippen LogP contribution >= 0.6 is 11.6 Å². The number of rotatable bonds is 4. The number of carbonyl (C=O) groups is 2. The molecule has 0 aliphatic rings. The largest absolute Gasteiger partial charge is 0.465 e. The van der Waals surface area contributed by atoms with Crippen LogP contribution < -0.4 is 0 Å². The van der Waals surface area contributed by atoms with E-state index in [1.54, 1.807) is 35.1 Å². The van der Waals surface area contributed by atoms with Gasteiger partial charge < -0.3 is 4.74 Å². The number of aldehydes is 1. The second-order valence-electron chi connectivity index (χ2n) is 3.83. The van der Waals surface area contributed by atoms with Crippen LogP contribution in [0.2, 0.25) is 5.02 Å². The van der Waals surface area contributed by atoms with Gasteiger partial charge >= 0.3 is 5.97 Å². The highest BCUT2D eigenvalue weighted by molar-refractivity contribution is 6.34. The molecule has 2 aromatic rings. The van der Waals surface area contributed by atoms with Gasteiger partial charge in [-0.2, -0.15) is 5.10 Å². The second kappa shape index (κ2) is 5.67. The van der Waals surface area contributed by atoms with Crippen LogP contribution in [0.15, 0.2) is 30.5 Å². The van der Waals surface area contributed by atoms with Gasteiger partial charge in [-0.3, -0.25) is 9.48 Å². The molecular formula is C13H11ClN2O3. The van der Waals surface area contributed by atoms with Gasteiger partial charge in [0.1, 0.15) is 5.69 Å². The number of methoxy groups -OCH3 is 1. The van der Waals surface area contributed by atoms with E-state index in [1.807, 2.05) is 0 Å². The van der Waals surface area contributed by atoms with Gasteiger partial charge in [-0.05, 0) is 17.7 Å². The maximum Gasteiger partial charge on any atom is 0.339 e. The molecule has 6 heteroatoms. The first-order valence-corrected chi connectivity index (χ1v) is 5.88. The third kappa shape index (κ3) is 2.82. The summed E-state index contributed by atoms with van der Waals surface area (Å²) in [6.07, 6.45) is 2.34. The topological polar surface area (TPSA) is 61.2 Å². The van der Waals surface area contributed by atoms with Crippen molar-refractivity contribution in [2.45, 2.75) is 6.54 Å². The van der Waals surface area contributed by atoms with Gasteiger partial charge in [-0.1, -0.05) is 23.7 Å². The summed E-state index contributed by atoms with van der Waals surface area (Å²) >= 11 is 6.16. The molecule has 2 rings (SSSR count). The van der Waals surface area contributed by atoms with Crippen LogP contribution in [0.5, 0.6) is 0 Å². The molecule has 0 aliphatic heterocycles. The molecule has 0 radical (unpaired) electrons. The van der Waals surface area contributed by atoms with E-state index in [2.05, 4.69) is 9.84 Å². The number of hydrogen-bond acceptors (Lipinski definition) is 4. The van der Waals surface area contributed by atoms with E-state index in [9.17, 15) is 9.59 Å². The summed E-state index contributed by atoms with van der Waals surface area (Å²) in [6, 6.07) is 6.71. The fraction of sp³-hybridized carbons (Fsp3) is 0.154. The molecular weight excluding hydrogens is 268 g/mol. The maximum absolute atomic E-state index is 11.5. The Balaban J connectivity index is 2.30. The highest BCUT2D eigenvalue weighted by Crippen LogP contribution is 2.22. The monoisotopic (exact) mass is 278 g/mol. The predicted molar refractivity (Wildman–Crippen MR) is 69.5 cm³/mol. The summed E-state index contributed by atoms with van der Waals surface area (Å²) in [6.45, 7) is 0.373. The first kappa shape index (κ1) is 13.3. The third-order valence-corrected chi connectivity index (χ3v) is 3.04. The number of aromatic nitrogens is 2. The maximum atomic E-state index is 11.5. The molecule has 0 aliphatic carbocycles. The van der Waals surface area contributed by atoms with Crippen molar-refractivity contribution in [3.63, 3.8) is 0 Å². The summed E-state index contributed by atoms with van der Waals surface area (Å²) in [4.78, 5) is 22.1. The molecule has 1 aromatic carbocycles. The lowest BCUT2D eigenvalue weighted by atomic mass is 10.1. The van der Waals surface area contributed by atoms with E-state index >= 15 is 0 Å². The van der Waals surface area contributed by atoms with Gasteiger partial charge in [-0.15, -0.1) is 0 Å². The van der Waals surface area contributed by atoms with E-state index in [-0.39, 0.29) is 0 Å². The standard InChI is InChI=1S/C13H11ClN2O3/c1-19-13(18)11-4-2-3-9(12(11)14)7-16-6-5-10(8-17)15-16/h2-6,8H,7H2,1H3. The van der Waals surface area contributed by atoms with Crippen molar-refractivity contribution in [1.82, 2.24) is 9.78 Å². The molecule has 19 heavy (non-hydrogen) atoms. The number of ether oxygens (including phenoxy) is 1. The Morgan fingerprint density at radius 2 is 2.26 bits per heavy atom. The Labute approximate surface area is 114 Å². The number of halogens is 1. The predicted octanol–water partition coefficient (Wildman–Crippen LogP) is 2.18. The first-order chi connectivity index (χ1) is 9.15. The van der Waals surface area contributed by atoms with Gasteiger partial charge in [-0.25, -0.2) is 4.79 Å². The molecule has 0 atom stereocenters. The molecule has 0 fully saturated rings. The summed E-state index contributed by atoms with van der Waals surface area (Å²) < 4.78 is 6.23. The average molecular weight is 279 g/mol. The van der Waals surface area contributed by atoms with E-state index in [1.165, 1.54) is 7.11 Å². The lowest BCUT2D eigenvalue weighted by molar-refractivity contribution is 0.0600. The van der Waals surface area contributed by atoms with Crippen LogP contribution in [0.25, 0.3) is 0 Å². The van der Waals surface area contributed by atoms with E-state index in [0.29, 0.717) is 29.1 Å². The van der Waals surface area contributed by atoms with Crippen molar-refractivity contribution in [2.75, 3.05) is 7.11 Å². The Bertz CT molecular complexity index is 622. The summed E-state index contributed by atoms with van der Waals surface area (Å²) in [5, 5.41) is 4.36. The van der Waals surface area contributed by atoms with E-state index in [0.717, 1.165) is 5.56 Å². The molecule has 1 aromatic heterocycles. The molecule has 98 valence electrons. The number of esters is 1. The molecule has 0 saturated carbocycles. The SMILES string of the molecule is COC(=O)c1cccc(Cn2ccc(C=O)n2)c1Cl. The normalized spacial score (nSPS) is 10.2. The van der Waals surface area contributed by atoms with Gasteiger partial charge in [0.15, 0.2) is 6.29 Å². The van der Waals surface area contributed by atoms with E-state index in [4.69, 9.17) is 11.6 Å². The highest BCUT2D eigenvalue weighted by Gasteiger charge is 2.13. The smallest absolute Gasteiger partial charge is 0.339 e. The van der Waals surface area contributed by atoms with Crippen molar-refractivity contribution in [3.05, 3.63) is 52.3 Å². The van der Waals surface area contributed by atoms with Crippen molar-refractivity contribution >= 4 is 23.9 Å². The Morgan fingerprint density at radius 1 is 1.47 bits per heavy atom.